The number of nitrogens with zero attached hydrogens (tertiary/aromatic N) is 1. The van der Waals surface area contributed by atoms with Gasteiger partial charge in [-0.25, -0.2) is 10.8 Å². The van der Waals surface area contributed by atoms with Gasteiger partial charge < -0.3 is 0 Å². The van der Waals surface area contributed by atoms with Gasteiger partial charge in [0.15, 0.2) is 5.13 Å². The van der Waals surface area contributed by atoms with E-state index in [2.05, 4.69) is 10.4 Å². The second-order valence-electron chi connectivity index (χ2n) is 3.00. The lowest BCUT2D eigenvalue weighted by Crippen LogP contribution is -2.05. The van der Waals surface area contributed by atoms with Crippen molar-refractivity contribution in [3.05, 3.63) is 40.4 Å². The van der Waals surface area contributed by atoms with Crippen molar-refractivity contribution in [1.82, 2.24) is 4.98 Å². The first-order valence-electron chi connectivity index (χ1n) is 4.58. The van der Waals surface area contributed by atoms with Crippen LogP contribution in [0.3, 0.4) is 0 Å². The average Bonchev–Trinajstić information content (AvgIpc) is 2.76. The molecule has 3 nitrogen and oxygen atoms in total. The Kier molecular flexibility index (Phi) is 4.06. The molecule has 0 aliphatic heterocycles. The van der Waals surface area contributed by atoms with Crippen LogP contribution in [0.1, 0.15) is 4.88 Å². The van der Waals surface area contributed by atoms with Crippen LogP contribution in [-0.2, 0) is 5.75 Å². The molecule has 0 fully saturated rings. The highest BCUT2D eigenvalue weighted by Gasteiger charge is 2.03. The maximum Gasteiger partial charge on any atom is 0.197 e. The Balaban J connectivity index is 1.99. The standard InChI is InChI=1S/C10H10ClN3S2/c11-8-3-1-2-4-9(8)15-6-7-5-13-10(14-12)16-7/h1-5H,6,12H2,(H,13,14). The Hall–Kier alpha value is -0.750. The molecule has 0 amide bonds. The van der Waals surface area contributed by atoms with Gasteiger partial charge in [-0.15, -0.1) is 23.1 Å². The third kappa shape index (κ3) is 2.89. The first kappa shape index (κ1) is 11.7. The molecule has 6 heteroatoms. The van der Waals surface area contributed by atoms with Crippen LogP contribution in [0.2, 0.25) is 5.02 Å². The molecule has 84 valence electrons. The first-order valence-corrected chi connectivity index (χ1v) is 6.76. The molecular formula is C10H10ClN3S2. The maximum atomic E-state index is 6.06. The summed E-state index contributed by atoms with van der Waals surface area (Å²) in [4.78, 5) is 6.35. The number of hydrogen-bond acceptors (Lipinski definition) is 5. The van der Waals surface area contributed by atoms with Crippen LogP contribution in [0.4, 0.5) is 5.13 Å². The molecule has 0 bridgehead atoms. The number of hydrogen-bond donors (Lipinski definition) is 2. The first-order chi connectivity index (χ1) is 7.79. The van der Waals surface area contributed by atoms with Gasteiger partial charge in [-0.1, -0.05) is 23.7 Å². The van der Waals surface area contributed by atoms with Crippen molar-refractivity contribution in [1.29, 1.82) is 0 Å². The third-order valence-electron chi connectivity index (χ3n) is 1.88. The zero-order valence-corrected chi connectivity index (χ0v) is 10.7. The van der Waals surface area contributed by atoms with E-state index in [1.165, 1.54) is 0 Å². The molecule has 1 aromatic heterocycles. The zero-order chi connectivity index (χ0) is 11.4. The van der Waals surface area contributed by atoms with E-state index in [9.17, 15) is 0 Å². The van der Waals surface area contributed by atoms with E-state index in [1.54, 1.807) is 23.1 Å². The van der Waals surface area contributed by atoms with Gasteiger partial charge in [-0.2, -0.15) is 0 Å². The van der Waals surface area contributed by atoms with E-state index in [-0.39, 0.29) is 0 Å². The van der Waals surface area contributed by atoms with Crippen LogP contribution in [0.5, 0.6) is 0 Å². The number of benzene rings is 1. The fourth-order valence-corrected chi connectivity index (χ4v) is 3.13. The van der Waals surface area contributed by atoms with Crippen LogP contribution in [0.25, 0.3) is 0 Å². The Morgan fingerprint density at radius 2 is 2.25 bits per heavy atom. The summed E-state index contributed by atoms with van der Waals surface area (Å²) in [5.41, 5.74) is 2.53. The summed E-state index contributed by atoms with van der Waals surface area (Å²) < 4.78 is 0. The highest BCUT2D eigenvalue weighted by atomic mass is 35.5. The number of anilines is 1. The van der Waals surface area contributed by atoms with Crippen molar-refractivity contribution in [3.63, 3.8) is 0 Å². The molecule has 0 spiro atoms. The normalized spacial score (nSPS) is 10.4. The summed E-state index contributed by atoms with van der Waals surface area (Å²) in [5, 5.41) is 1.52. The molecule has 1 aromatic carbocycles. The highest BCUT2D eigenvalue weighted by molar-refractivity contribution is 7.98. The molecule has 1 heterocycles. The summed E-state index contributed by atoms with van der Waals surface area (Å²) in [7, 11) is 0. The topological polar surface area (TPSA) is 50.9 Å². The SMILES string of the molecule is NNc1ncc(CSc2ccccc2Cl)s1. The van der Waals surface area contributed by atoms with E-state index in [0.717, 1.165) is 25.7 Å². The minimum Gasteiger partial charge on any atom is -0.300 e. The molecule has 3 N–H and O–H groups in total. The van der Waals surface area contributed by atoms with Gasteiger partial charge in [0.25, 0.3) is 0 Å². The van der Waals surface area contributed by atoms with Gasteiger partial charge in [0.2, 0.25) is 0 Å². The fraction of sp³-hybridized carbons (Fsp3) is 0.100. The van der Waals surface area contributed by atoms with Gasteiger partial charge >= 0.3 is 0 Å². The van der Waals surface area contributed by atoms with E-state index in [1.807, 2.05) is 30.5 Å². The van der Waals surface area contributed by atoms with Gasteiger partial charge in [-0.05, 0) is 12.1 Å². The van der Waals surface area contributed by atoms with E-state index >= 15 is 0 Å². The van der Waals surface area contributed by atoms with E-state index in [4.69, 9.17) is 17.4 Å². The van der Waals surface area contributed by atoms with Crippen LogP contribution < -0.4 is 11.3 Å². The monoisotopic (exact) mass is 271 g/mol. The number of hydrazine groups is 1. The van der Waals surface area contributed by atoms with Crippen LogP contribution in [-0.4, -0.2) is 4.98 Å². The van der Waals surface area contributed by atoms with Crippen LogP contribution in [0.15, 0.2) is 35.4 Å². The fourth-order valence-electron chi connectivity index (χ4n) is 1.15. The number of aromatic nitrogens is 1. The lowest BCUT2D eigenvalue weighted by molar-refractivity contribution is 1.28. The van der Waals surface area contributed by atoms with Crippen molar-refractivity contribution in [3.8, 4) is 0 Å². The maximum absolute atomic E-state index is 6.06. The molecular weight excluding hydrogens is 262 g/mol. The lowest BCUT2D eigenvalue weighted by Gasteiger charge is -2.01. The highest BCUT2D eigenvalue weighted by Crippen LogP contribution is 2.31. The van der Waals surface area contributed by atoms with Gasteiger partial charge in [0.1, 0.15) is 0 Å². The predicted molar refractivity (Wildman–Crippen MR) is 70.9 cm³/mol. The number of halogens is 1. The molecule has 0 saturated carbocycles. The van der Waals surface area contributed by atoms with Gasteiger partial charge in [0.05, 0.1) is 5.02 Å². The number of rotatable bonds is 4. The smallest absolute Gasteiger partial charge is 0.197 e. The second kappa shape index (κ2) is 5.54. The molecule has 0 aliphatic carbocycles. The molecule has 2 rings (SSSR count). The quantitative estimate of drug-likeness (QED) is 0.509. The Morgan fingerprint density at radius 3 is 2.94 bits per heavy atom. The second-order valence-corrected chi connectivity index (χ2v) is 5.53. The summed E-state index contributed by atoms with van der Waals surface area (Å²) >= 11 is 9.30. The number of thiazole rings is 1. The summed E-state index contributed by atoms with van der Waals surface area (Å²) in [6, 6.07) is 7.81. The minimum atomic E-state index is 0.731. The van der Waals surface area contributed by atoms with Crippen molar-refractivity contribution >= 4 is 39.8 Å². The van der Waals surface area contributed by atoms with Crippen molar-refractivity contribution in [2.24, 2.45) is 5.84 Å². The molecule has 0 atom stereocenters. The van der Waals surface area contributed by atoms with Gasteiger partial charge in [0, 0.05) is 21.7 Å². The lowest BCUT2D eigenvalue weighted by atomic mass is 10.4. The zero-order valence-electron chi connectivity index (χ0n) is 8.31. The number of thioether (sulfide) groups is 1. The molecule has 16 heavy (non-hydrogen) atoms. The molecule has 0 unspecified atom stereocenters. The Labute approximate surface area is 107 Å². The third-order valence-corrected chi connectivity index (χ3v) is 4.56. The molecule has 0 radical (unpaired) electrons. The summed E-state index contributed by atoms with van der Waals surface area (Å²) in [6.45, 7) is 0. The summed E-state index contributed by atoms with van der Waals surface area (Å²) in [5.74, 6) is 6.11. The molecule has 0 saturated heterocycles. The summed E-state index contributed by atoms with van der Waals surface area (Å²) in [6.07, 6.45) is 1.82. The number of nitrogens with one attached hydrogen (secondary N) is 1. The van der Waals surface area contributed by atoms with E-state index in [0.29, 0.717) is 0 Å². The largest absolute Gasteiger partial charge is 0.300 e. The van der Waals surface area contributed by atoms with Crippen molar-refractivity contribution < 1.29 is 0 Å². The molecule has 2 aromatic rings. The van der Waals surface area contributed by atoms with Crippen LogP contribution in [0, 0.1) is 0 Å². The Morgan fingerprint density at radius 1 is 1.44 bits per heavy atom. The number of nitrogen functional groups attached to an aromatic ring is 1. The Bertz CT molecular complexity index is 473. The van der Waals surface area contributed by atoms with Gasteiger partial charge in [-0.3, -0.25) is 5.43 Å². The number of nitrogens with two attached hydrogens (primary N) is 1. The van der Waals surface area contributed by atoms with Crippen molar-refractivity contribution in [2.45, 2.75) is 10.6 Å². The van der Waals surface area contributed by atoms with Crippen molar-refractivity contribution in [2.75, 3.05) is 5.43 Å². The molecule has 0 aliphatic rings. The van der Waals surface area contributed by atoms with E-state index < -0.39 is 0 Å². The average molecular weight is 272 g/mol. The minimum absolute atomic E-state index is 0.731. The predicted octanol–water partition coefficient (Wildman–Crippen LogP) is 3.37. The van der Waals surface area contributed by atoms with Crippen LogP contribution >= 0.6 is 34.7 Å².